The normalized spacial score (nSPS) is 29.1. The standard InChI is InChI=1S/C18H28N2O/c1-3-14(2)19-10-12-20(13-11-19)17-9-8-15-6-4-5-7-16(15)18(17)21/h4-7,14,17-18,21H,3,8-13H2,1-2H3. The molecule has 3 rings (SSSR count). The number of benzene rings is 1. The summed E-state index contributed by atoms with van der Waals surface area (Å²) in [7, 11) is 0. The third-order valence-corrected chi connectivity index (χ3v) is 5.48. The molecule has 3 unspecified atom stereocenters. The third kappa shape index (κ3) is 3.01. The highest BCUT2D eigenvalue weighted by Crippen LogP contribution is 2.33. The number of hydrogen-bond acceptors (Lipinski definition) is 3. The summed E-state index contributed by atoms with van der Waals surface area (Å²) in [6, 6.07) is 9.38. The Balaban J connectivity index is 1.64. The van der Waals surface area contributed by atoms with Crippen LogP contribution in [-0.2, 0) is 6.42 Å². The van der Waals surface area contributed by atoms with Gasteiger partial charge in [-0.05, 0) is 37.3 Å². The summed E-state index contributed by atoms with van der Waals surface area (Å²) < 4.78 is 0. The zero-order chi connectivity index (χ0) is 14.8. The smallest absolute Gasteiger partial charge is 0.0947 e. The van der Waals surface area contributed by atoms with Crippen molar-refractivity contribution in [2.24, 2.45) is 0 Å². The molecule has 0 radical (unpaired) electrons. The molecule has 3 heteroatoms. The van der Waals surface area contributed by atoms with Crippen LogP contribution in [0.1, 0.15) is 43.9 Å². The first kappa shape index (κ1) is 15.0. The molecule has 0 amide bonds. The van der Waals surface area contributed by atoms with E-state index in [0.29, 0.717) is 12.1 Å². The second-order valence-electron chi connectivity index (χ2n) is 6.58. The van der Waals surface area contributed by atoms with E-state index in [1.54, 1.807) is 0 Å². The van der Waals surface area contributed by atoms with Gasteiger partial charge in [0.25, 0.3) is 0 Å². The molecule has 1 heterocycles. The quantitative estimate of drug-likeness (QED) is 0.925. The van der Waals surface area contributed by atoms with Crippen LogP contribution in [0.3, 0.4) is 0 Å². The lowest BCUT2D eigenvalue weighted by molar-refractivity contribution is 0.00111. The van der Waals surface area contributed by atoms with Crippen LogP contribution in [0.25, 0.3) is 0 Å². The number of nitrogens with zero attached hydrogens (tertiary/aromatic N) is 2. The molecule has 1 N–H and O–H groups in total. The van der Waals surface area contributed by atoms with E-state index in [1.807, 2.05) is 6.07 Å². The van der Waals surface area contributed by atoms with Crippen LogP contribution in [-0.4, -0.2) is 53.2 Å². The number of hydrogen-bond donors (Lipinski definition) is 1. The molecule has 1 saturated heterocycles. The molecule has 0 bridgehead atoms. The molecule has 0 aromatic heterocycles. The molecule has 21 heavy (non-hydrogen) atoms. The Kier molecular flexibility index (Phi) is 4.63. The lowest BCUT2D eigenvalue weighted by atomic mass is 9.85. The Labute approximate surface area is 128 Å². The molecule has 1 aliphatic carbocycles. The summed E-state index contributed by atoms with van der Waals surface area (Å²) in [6.07, 6.45) is 3.09. The fourth-order valence-corrected chi connectivity index (χ4v) is 3.87. The van der Waals surface area contributed by atoms with Crippen molar-refractivity contribution < 1.29 is 5.11 Å². The van der Waals surface area contributed by atoms with Gasteiger partial charge in [0.15, 0.2) is 0 Å². The Morgan fingerprint density at radius 2 is 1.90 bits per heavy atom. The number of aliphatic hydroxyl groups is 1. The summed E-state index contributed by atoms with van der Waals surface area (Å²) in [4.78, 5) is 5.10. The molecule has 3 atom stereocenters. The Bertz CT molecular complexity index is 468. The van der Waals surface area contributed by atoms with Gasteiger partial charge in [-0.15, -0.1) is 0 Å². The number of fused-ring (bicyclic) bond motifs is 1. The molecule has 2 aliphatic rings. The summed E-state index contributed by atoms with van der Waals surface area (Å²) in [5.74, 6) is 0. The Morgan fingerprint density at radius 1 is 1.19 bits per heavy atom. The zero-order valence-electron chi connectivity index (χ0n) is 13.3. The molecule has 0 saturated carbocycles. The minimum Gasteiger partial charge on any atom is -0.387 e. The zero-order valence-corrected chi connectivity index (χ0v) is 13.3. The molecule has 1 aliphatic heterocycles. The first-order valence-electron chi connectivity index (χ1n) is 8.44. The Morgan fingerprint density at radius 3 is 2.62 bits per heavy atom. The van der Waals surface area contributed by atoms with E-state index in [1.165, 1.54) is 12.0 Å². The Hall–Kier alpha value is -0.900. The van der Waals surface area contributed by atoms with Crippen LogP contribution in [0.5, 0.6) is 0 Å². The SMILES string of the molecule is CCC(C)N1CCN(C2CCc3ccccc3C2O)CC1. The maximum absolute atomic E-state index is 10.7. The monoisotopic (exact) mass is 288 g/mol. The first-order chi connectivity index (χ1) is 10.2. The number of aliphatic hydroxyl groups excluding tert-OH is 1. The molecule has 1 fully saturated rings. The van der Waals surface area contributed by atoms with Crippen molar-refractivity contribution >= 4 is 0 Å². The van der Waals surface area contributed by atoms with E-state index < -0.39 is 0 Å². The van der Waals surface area contributed by atoms with E-state index in [-0.39, 0.29) is 6.10 Å². The van der Waals surface area contributed by atoms with Gasteiger partial charge in [-0.2, -0.15) is 0 Å². The summed E-state index contributed by atoms with van der Waals surface area (Å²) >= 11 is 0. The predicted molar refractivity (Wildman–Crippen MR) is 86.4 cm³/mol. The van der Waals surface area contributed by atoms with Gasteiger partial charge in [-0.25, -0.2) is 0 Å². The van der Waals surface area contributed by atoms with Crippen molar-refractivity contribution in [3.63, 3.8) is 0 Å². The van der Waals surface area contributed by atoms with Crippen LogP contribution < -0.4 is 0 Å². The predicted octanol–water partition coefficient (Wildman–Crippen LogP) is 2.45. The highest BCUT2D eigenvalue weighted by molar-refractivity contribution is 5.32. The lowest BCUT2D eigenvalue weighted by Crippen LogP contribution is -2.54. The molecular weight excluding hydrogens is 260 g/mol. The fraction of sp³-hybridized carbons (Fsp3) is 0.667. The first-order valence-corrected chi connectivity index (χ1v) is 8.44. The highest BCUT2D eigenvalue weighted by Gasteiger charge is 2.34. The van der Waals surface area contributed by atoms with E-state index in [9.17, 15) is 5.11 Å². The van der Waals surface area contributed by atoms with E-state index in [2.05, 4.69) is 41.8 Å². The molecule has 1 aromatic carbocycles. The fourth-order valence-electron chi connectivity index (χ4n) is 3.87. The van der Waals surface area contributed by atoms with E-state index in [4.69, 9.17) is 0 Å². The number of piperazine rings is 1. The van der Waals surface area contributed by atoms with Crippen molar-refractivity contribution in [1.82, 2.24) is 9.80 Å². The molecule has 3 nitrogen and oxygen atoms in total. The largest absolute Gasteiger partial charge is 0.387 e. The summed E-state index contributed by atoms with van der Waals surface area (Å²) in [5.41, 5.74) is 2.48. The van der Waals surface area contributed by atoms with Gasteiger partial charge in [-0.1, -0.05) is 31.2 Å². The maximum Gasteiger partial charge on any atom is 0.0947 e. The maximum atomic E-state index is 10.7. The average Bonchev–Trinajstić information content (AvgIpc) is 2.55. The molecular formula is C18H28N2O. The van der Waals surface area contributed by atoms with Gasteiger partial charge in [0.2, 0.25) is 0 Å². The molecule has 0 spiro atoms. The van der Waals surface area contributed by atoms with Crippen LogP contribution in [0.15, 0.2) is 24.3 Å². The van der Waals surface area contributed by atoms with Gasteiger partial charge < -0.3 is 5.11 Å². The van der Waals surface area contributed by atoms with Crippen LogP contribution in [0.4, 0.5) is 0 Å². The minimum atomic E-state index is -0.315. The second-order valence-corrected chi connectivity index (χ2v) is 6.58. The van der Waals surface area contributed by atoms with Crippen molar-refractivity contribution in [1.29, 1.82) is 0 Å². The van der Waals surface area contributed by atoms with Crippen LogP contribution in [0, 0.1) is 0 Å². The minimum absolute atomic E-state index is 0.305. The van der Waals surface area contributed by atoms with E-state index >= 15 is 0 Å². The lowest BCUT2D eigenvalue weighted by Gasteiger charge is -2.44. The number of aryl methyl sites for hydroxylation is 1. The van der Waals surface area contributed by atoms with Crippen molar-refractivity contribution in [2.75, 3.05) is 26.2 Å². The van der Waals surface area contributed by atoms with Gasteiger partial charge in [0, 0.05) is 38.3 Å². The third-order valence-electron chi connectivity index (χ3n) is 5.48. The number of rotatable bonds is 3. The van der Waals surface area contributed by atoms with E-state index in [0.717, 1.165) is 44.6 Å². The van der Waals surface area contributed by atoms with Gasteiger partial charge >= 0.3 is 0 Å². The molecule has 1 aromatic rings. The topological polar surface area (TPSA) is 26.7 Å². The van der Waals surface area contributed by atoms with Crippen molar-refractivity contribution in [2.45, 2.75) is 51.3 Å². The average molecular weight is 288 g/mol. The van der Waals surface area contributed by atoms with Crippen molar-refractivity contribution in [3.05, 3.63) is 35.4 Å². The van der Waals surface area contributed by atoms with Crippen LogP contribution in [0.2, 0.25) is 0 Å². The van der Waals surface area contributed by atoms with Crippen molar-refractivity contribution in [3.8, 4) is 0 Å². The van der Waals surface area contributed by atoms with Gasteiger partial charge in [0.05, 0.1) is 6.10 Å². The van der Waals surface area contributed by atoms with Gasteiger partial charge in [0.1, 0.15) is 0 Å². The van der Waals surface area contributed by atoms with Gasteiger partial charge in [-0.3, -0.25) is 9.80 Å². The summed E-state index contributed by atoms with van der Waals surface area (Å²) in [6.45, 7) is 9.04. The second kappa shape index (κ2) is 6.47. The summed E-state index contributed by atoms with van der Waals surface area (Å²) in [5, 5.41) is 10.7. The molecule has 116 valence electrons. The highest BCUT2D eigenvalue weighted by atomic mass is 16.3. The van der Waals surface area contributed by atoms with Crippen LogP contribution >= 0.6 is 0 Å².